The fraction of sp³-hybridized carbons (Fsp3) is 0.444. The van der Waals surface area contributed by atoms with E-state index in [1.165, 1.54) is 0 Å². The Labute approximate surface area is 72.0 Å². The number of hydrogen-bond acceptors (Lipinski definition) is 2. The van der Waals surface area contributed by atoms with Crippen molar-refractivity contribution < 1.29 is 0 Å². The van der Waals surface area contributed by atoms with Crippen LogP contribution in [0.1, 0.15) is 13.8 Å². The van der Waals surface area contributed by atoms with Crippen molar-refractivity contribution in [1.29, 1.82) is 0 Å². The van der Waals surface area contributed by atoms with E-state index >= 15 is 0 Å². The predicted molar refractivity (Wildman–Crippen MR) is 50.4 cm³/mol. The van der Waals surface area contributed by atoms with Crippen LogP contribution in [0.3, 0.4) is 0 Å². The predicted octanol–water partition coefficient (Wildman–Crippen LogP) is 1.21. The van der Waals surface area contributed by atoms with Crippen LogP contribution in [-0.2, 0) is 7.05 Å². The third-order valence-corrected chi connectivity index (χ3v) is 1.54. The van der Waals surface area contributed by atoms with E-state index in [2.05, 4.69) is 19.2 Å². The number of rotatable bonds is 2. The van der Waals surface area contributed by atoms with Crippen LogP contribution in [0.5, 0.6) is 0 Å². The van der Waals surface area contributed by atoms with E-state index in [-0.39, 0.29) is 5.56 Å². The van der Waals surface area contributed by atoms with E-state index in [0.717, 1.165) is 5.69 Å². The van der Waals surface area contributed by atoms with E-state index in [0.29, 0.717) is 6.04 Å². The monoisotopic (exact) mass is 166 g/mol. The molecule has 0 spiro atoms. The summed E-state index contributed by atoms with van der Waals surface area (Å²) in [4.78, 5) is 11.0. The van der Waals surface area contributed by atoms with Crippen LogP contribution in [0, 0.1) is 0 Å². The first-order valence-corrected chi connectivity index (χ1v) is 4.03. The van der Waals surface area contributed by atoms with Crippen LogP contribution in [0.2, 0.25) is 0 Å². The average molecular weight is 166 g/mol. The summed E-state index contributed by atoms with van der Waals surface area (Å²) >= 11 is 0. The Kier molecular flexibility index (Phi) is 2.53. The summed E-state index contributed by atoms with van der Waals surface area (Å²) in [6.45, 7) is 4.12. The molecule has 1 N–H and O–H groups in total. The molecule has 1 aromatic rings. The van der Waals surface area contributed by atoms with E-state index < -0.39 is 0 Å². The molecule has 0 bridgehead atoms. The lowest BCUT2D eigenvalue weighted by molar-refractivity contribution is 0.844. The van der Waals surface area contributed by atoms with Gasteiger partial charge in [0.05, 0.1) is 5.69 Å². The molecule has 1 rings (SSSR count). The fourth-order valence-electron chi connectivity index (χ4n) is 1.01. The molecule has 0 atom stereocenters. The zero-order chi connectivity index (χ0) is 9.14. The third-order valence-electron chi connectivity index (χ3n) is 1.54. The molecule has 0 amide bonds. The van der Waals surface area contributed by atoms with Gasteiger partial charge in [0.1, 0.15) is 0 Å². The molecule has 1 heterocycles. The van der Waals surface area contributed by atoms with E-state index in [1.54, 1.807) is 29.9 Å². The number of aryl methyl sites for hydroxylation is 1. The highest BCUT2D eigenvalue weighted by Gasteiger charge is 1.95. The van der Waals surface area contributed by atoms with Crippen molar-refractivity contribution in [3.8, 4) is 0 Å². The minimum atomic E-state index is 0.0179. The molecule has 0 saturated heterocycles. The summed E-state index contributed by atoms with van der Waals surface area (Å²) in [5.74, 6) is 0. The maximum atomic E-state index is 11.0. The fourth-order valence-corrected chi connectivity index (χ4v) is 1.01. The molecule has 0 aliphatic rings. The first-order chi connectivity index (χ1) is 5.59. The highest BCUT2D eigenvalue weighted by Crippen LogP contribution is 2.03. The molecular weight excluding hydrogens is 152 g/mol. The minimum Gasteiger partial charge on any atom is -0.382 e. The van der Waals surface area contributed by atoms with Gasteiger partial charge in [-0.1, -0.05) is 0 Å². The quantitative estimate of drug-likeness (QED) is 0.716. The molecule has 0 unspecified atom stereocenters. The van der Waals surface area contributed by atoms with Gasteiger partial charge in [0.15, 0.2) is 0 Å². The number of nitrogens with one attached hydrogen (secondary N) is 1. The molecule has 0 radical (unpaired) electrons. The van der Waals surface area contributed by atoms with Gasteiger partial charge in [-0.25, -0.2) is 0 Å². The highest BCUT2D eigenvalue weighted by molar-refractivity contribution is 5.40. The molecule has 0 aromatic carbocycles. The SMILES string of the molecule is CC(C)Nc1ccc(=O)n(C)c1. The molecule has 0 aliphatic heterocycles. The summed E-state index contributed by atoms with van der Waals surface area (Å²) in [6, 6.07) is 3.75. The van der Waals surface area contributed by atoms with Crippen molar-refractivity contribution in [3.63, 3.8) is 0 Å². The molecule has 3 nitrogen and oxygen atoms in total. The van der Waals surface area contributed by atoms with Crippen molar-refractivity contribution >= 4 is 5.69 Å². The second kappa shape index (κ2) is 3.43. The number of anilines is 1. The molecule has 0 fully saturated rings. The van der Waals surface area contributed by atoms with Gasteiger partial charge < -0.3 is 9.88 Å². The standard InChI is InChI=1S/C9H14N2O/c1-7(2)10-8-4-5-9(12)11(3)6-8/h4-7,10H,1-3H3. The smallest absolute Gasteiger partial charge is 0.250 e. The van der Waals surface area contributed by atoms with Crippen LogP contribution in [0.25, 0.3) is 0 Å². The summed E-state index contributed by atoms with van der Waals surface area (Å²) in [6.07, 6.45) is 1.79. The summed E-state index contributed by atoms with van der Waals surface area (Å²) < 4.78 is 1.56. The Bertz CT molecular complexity index is 315. The van der Waals surface area contributed by atoms with Crippen LogP contribution in [-0.4, -0.2) is 10.6 Å². The number of pyridine rings is 1. The van der Waals surface area contributed by atoms with E-state index in [9.17, 15) is 4.79 Å². The van der Waals surface area contributed by atoms with Gasteiger partial charge in [-0.15, -0.1) is 0 Å². The third kappa shape index (κ3) is 2.12. The molecular formula is C9H14N2O. The van der Waals surface area contributed by atoms with Crippen LogP contribution in [0.15, 0.2) is 23.1 Å². The maximum absolute atomic E-state index is 11.0. The molecule has 12 heavy (non-hydrogen) atoms. The second-order valence-corrected chi connectivity index (χ2v) is 3.17. The van der Waals surface area contributed by atoms with Gasteiger partial charge in [-0.3, -0.25) is 4.79 Å². The number of nitrogens with zero attached hydrogens (tertiary/aromatic N) is 1. The minimum absolute atomic E-state index is 0.0179. The van der Waals surface area contributed by atoms with Gasteiger partial charge >= 0.3 is 0 Å². The average Bonchev–Trinajstić information content (AvgIpc) is 1.96. The van der Waals surface area contributed by atoms with Crippen LogP contribution < -0.4 is 10.9 Å². The molecule has 1 aromatic heterocycles. The van der Waals surface area contributed by atoms with E-state index in [4.69, 9.17) is 0 Å². The van der Waals surface area contributed by atoms with Gasteiger partial charge in [0.2, 0.25) is 5.56 Å². The zero-order valence-corrected chi connectivity index (χ0v) is 7.66. The Morgan fingerprint density at radius 2 is 2.08 bits per heavy atom. The summed E-state index contributed by atoms with van der Waals surface area (Å²) in [7, 11) is 1.74. The van der Waals surface area contributed by atoms with Crippen molar-refractivity contribution in [2.24, 2.45) is 7.05 Å². The van der Waals surface area contributed by atoms with Crippen molar-refractivity contribution in [2.45, 2.75) is 19.9 Å². The number of hydrogen-bond donors (Lipinski definition) is 1. The topological polar surface area (TPSA) is 34.0 Å². The van der Waals surface area contributed by atoms with Crippen LogP contribution in [0.4, 0.5) is 5.69 Å². The lowest BCUT2D eigenvalue weighted by Crippen LogP contribution is -2.17. The lowest BCUT2D eigenvalue weighted by atomic mass is 10.3. The summed E-state index contributed by atoms with van der Waals surface area (Å²) in [5.41, 5.74) is 0.997. The highest BCUT2D eigenvalue weighted by atomic mass is 16.1. The Balaban J connectivity index is 2.90. The Morgan fingerprint density at radius 3 is 2.58 bits per heavy atom. The molecule has 0 saturated carbocycles. The zero-order valence-electron chi connectivity index (χ0n) is 7.66. The van der Waals surface area contributed by atoms with Crippen molar-refractivity contribution in [3.05, 3.63) is 28.7 Å². The normalized spacial score (nSPS) is 10.3. The molecule has 3 heteroatoms. The van der Waals surface area contributed by atoms with E-state index in [1.807, 2.05) is 0 Å². The van der Waals surface area contributed by atoms with Crippen molar-refractivity contribution in [1.82, 2.24) is 4.57 Å². The van der Waals surface area contributed by atoms with Gasteiger partial charge in [0.25, 0.3) is 0 Å². The van der Waals surface area contributed by atoms with Crippen molar-refractivity contribution in [2.75, 3.05) is 5.32 Å². The molecule has 66 valence electrons. The van der Waals surface area contributed by atoms with Gasteiger partial charge in [-0.05, 0) is 19.9 Å². The first kappa shape index (κ1) is 8.84. The summed E-state index contributed by atoms with van der Waals surface area (Å²) in [5, 5.41) is 3.21. The van der Waals surface area contributed by atoms with Gasteiger partial charge in [0, 0.05) is 25.4 Å². The number of aromatic nitrogens is 1. The van der Waals surface area contributed by atoms with Crippen LogP contribution >= 0.6 is 0 Å². The second-order valence-electron chi connectivity index (χ2n) is 3.17. The van der Waals surface area contributed by atoms with Gasteiger partial charge in [-0.2, -0.15) is 0 Å². The Morgan fingerprint density at radius 1 is 1.42 bits per heavy atom. The first-order valence-electron chi connectivity index (χ1n) is 4.03. The maximum Gasteiger partial charge on any atom is 0.250 e. The lowest BCUT2D eigenvalue weighted by Gasteiger charge is -2.10. The Hall–Kier alpha value is -1.25. The largest absolute Gasteiger partial charge is 0.382 e. The molecule has 0 aliphatic carbocycles.